The van der Waals surface area contributed by atoms with E-state index in [4.69, 9.17) is 17.0 Å². The van der Waals surface area contributed by atoms with Crippen molar-refractivity contribution >= 4 is 28.7 Å². The van der Waals surface area contributed by atoms with E-state index in [0.717, 1.165) is 19.4 Å². The van der Waals surface area contributed by atoms with E-state index >= 15 is 0 Å². The first-order valence-corrected chi connectivity index (χ1v) is 7.41. The van der Waals surface area contributed by atoms with E-state index in [9.17, 15) is 10.1 Å². The molecular weight excluding hydrogens is 304 g/mol. The van der Waals surface area contributed by atoms with Crippen molar-refractivity contribution in [1.82, 2.24) is 10.7 Å². The molecule has 7 nitrogen and oxygen atoms in total. The molecule has 8 heteroatoms. The summed E-state index contributed by atoms with van der Waals surface area (Å²) in [4.78, 5) is 10.3. The second kappa shape index (κ2) is 7.81. The van der Waals surface area contributed by atoms with Crippen molar-refractivity contribution in [1.29, 1.82) is 0 Å². The van der Waals surface area contributed by atoms with Crippen LogP contribution in [0.3, 0.4) is 0 Å². The Labute approximate surface area is 133 Å². The Kier molecular flexibility index (Phi) is 5.79. The number of benzene rings is 1. The highest BCUT2D eigenvalue weighted by Crippen LogP contribution is 2.13. The molecule has 1 atom stereocenters. The number of non-ortho nitro benzene ring substituents is 1. The molecule has 1 aromatic carbocycles. The van der Waals surface area contributed by atoms with Gasteiger partial charge in [-0.05, 0) is 32.0 Å². The average Bonchev–Trinajstić information content (AvgIpc) is 3.04. The Bertz CT molecular complexity index is 585. The molecule has 1 unspecified atom stereocenters. The fraction of sp³-hybridized carbons (Fsp3) is 0.429. The van der Waals surface area contributed by atoms with Crippen molar-refractivity contribution in [2.75, 3.05) is 13.2 Å². The first-order valence-electron chi connectivity index (χ1n) is 7.01. The van der Waals surface area contributed by atoms with Crippen molar-refractivity contribution in [2.24, 2.45) is 5.10 Å². The molecular formula is C14H18N4O3S. The molecule has 118 valence electrons. The number of ether oxygens (including phenoxy) is 1. The second-order valence-electron chi connectivity index (χ2n) is 4.96. The van der Waals surface area contributed by atoms with Gasteiger partial charge in [-0.1, -0.05) is 12.1 Å². The van der Waals surface area contributed by atoms with Crippen LogP contribution in [0.25, 0.3) is 0 Å². The lowest BCUT2D eigenvalue weighted by atomic mass is 10.1. The van der Waals surface area contributed by atoms with Crippen LogP contribution in [0.1, 0.15) is 25.3 Å². The molecule has 0 bridgehead atoms. The topological polar surface area (TPSA) is 88.8 Å². The molecule has 1 aromatic rings. The maximum atomic E-state index is 10.8. The first-order chi connectivity index (χ1) is 10.6. The smallest absolute Gasteiger partial charge is 0.270 e. The van der Waals surface area contributed by atoms with Gasteiger partial charge >= 0.3 is 0 Å². The lowest BCUT2D eigenvalue weighted by Crippen LogP contribution is -2.37. The molecule has 1 saturated heterocycles. The molecule has 1 fully saturated rings. The quantitative estimate of drug-likeness (QED) is 0.373. The van der Waals surface area contributed by atoms with Crippen LogP contribution >= 0.6 is 12.2 Å². The van der Waals surface area contributed by atoms with E-state index < -0.39 is 4.92 Å². The van der Waals surface area contributed by atoms with E-state index in [1.807, 2.05) is 0 Å². The number of nitro benzene ring substituents is 1. The predicted octanol–water partition coefficient (Wildman–Crippen LogP) is 1.96. The Hall–Kier alpha value is -2.06. The second-order valence-corrected chi connectivity index (χ2v) is 5.37. The van der Waals surface area contributed by atoms with Gasteiger partial charge in [-0.25, -0.2) is 0 Å². The van der Waals surface area contributed by atoms with Gasteiger partial charge in [0.15, 0.2) is 5.11 Å². The van der Waals surface area contributed by atoms with Gasteiger partial charge in [-0.15, -0.1) is 0 Å². The van der Waals surface area contributed by atoms with E-state index in [1.165, 1.54) is 12.1 Å². The Balaban J connectivity index is 1.87. The number of hydrazone groups is 1. The van der Waals surface area contributed by atoms with E-state index in [0.29, 0.717) is 22.9 Å². The monoisotopic (exact) mass is 322 g/mol. The van der Waals surface area contributed by atoms with Crippen molar-refractivity contribution in [3.8, 4) is 0 Å². The van der Waals surface area contributed by atoms with Gasteiger partial charge < -0.3 is 10.1 Å². The molecule has 22 heavy (non-hydrogen) atoms. The molecule has 2 N–H and O–H groups in total. The van der Waals surface area contributed by atoms with E-state index in [-0.39, 0.29) is 11.8 Å². The van der Waals surface area contributed by atoms with Crippen LogP contribution in [0.2, 0.25) is 0 Å². The minimum Gasteiger partial charge on any atom is -0.376 e. The van der Waals surface area contributed by atoms with Crippen molar-refractivity contribution in [3.05, 3.63) is 39.9 Å². The van der Waals surface area contributed by atoms with E-state index in [1.54, 1.807) is 19.1 Å². The molecule has 0 aliphatic carbocycles. The normalized spacial score (nSPS) is 18.0. The molecule has 1 heterocycles. The van der Waals surface area contributed by atoms with Crippen LogP contribution in [0, 0.1) is 10.1 Å². The molecule has 0 radical (unpaired) electrons. The highest BCUT2D eigenvalue weighted by Gasteiger charge is 2.15. The van der Waals surface area contributed by atoms with Crippen LogP contribution in [-0.2, 0) is 4.74 Å². The van der Waals surface area contributed by atoms with Crippen molar-refractivity contribution < 1.29 is 9.66 Å². The van der Waals surface area contributed by atoms with Crippen molar-refractivity contribution in [2.45, 2.75) is 25.9 Å². The van der Waals surface area contributed by atoms with Gasteiger partial charge in [0.1, 0.15) is 0 Å². The summed E-state index contributed by atoms with van der Waals surface area (Å²) in [5, 5.41) is 18.3. The Morgan fingerprint density at radius 3 is 3.09 bits per heavy atom. The lowest BCUT2D eigenvalue weighted by Gasteiger charge is -2.12. The molecule has 1 aliphatic heterocycles. The van der Waals surface area contributed by atoms with Crippen LogP contribution in [0.4, 0.5) is 5.69 Å². The number of hydrogen-bond donors (Lipinski definition) is 2. The maximum Gasteiger partial charge on any atom is 0.270 e. The van der Waals surface area contributed by atoms with E-state index in [2.05, 4.69) is 15.8 Å². The summed E-state index contributed by atoms with van der Waals surface area (Å²) in [6.07, 6.45) is 2.31. The summed E-state index contributed by atoms with van der Waals surface area (Å²) in [6.45, 7) is 3.21. The van der Waals surface area contributed by atoms with Gasteiger partial charge in [0, 0.05) is 30.8 Å². The number of hydrogen-bond acceptors (Lipinski definition) is 5. The summed E-state index contributed by atoms with van der Waals surface area (Å²) in [5.41, 5.74) is 4.06. The van der Waals surface area contributed by atoms with Gasteiger partial charge in [0.2, 0.25) is 0 Å². The van der Waals surface area contributed by atoms with Crippen LogP contribution < -0.4 is 10.7 Å². The number of nitrogens with zero attached hydrogens (tertiary/aromatic N) is 2. The zero-order chi connectivity index (χ0) is 15.9. The summed E-state index contributed by atoms with van der Waals surface area (Å²) in [7, 11) is 0. The summed E-state index contributed by atoms with van der Waals surface area (Å²) in [5.74, 6) is 0. The Morgan fingerprint density at radius 2 is 2.41 bits per heavy atom. The highest BCUT2D eigenvalue weighted by atomic mass is 32.1. The van der Waals surface area contributed by atoms with Gasteiger partial charge in [-0.2, -0.15) is 5.10 Å². The molecule has 1 aliphatic rings. The molecule has 0 spiro atoms. The summed E-state index contributed by atoms with van der Waals surface area (Å²) in [6, 6.07) is 6.30. The SMILES string of the molecule is C/C(=N\NC(=S)NCC1CCCO1)c1cccc([N+](=O)[O-])c1. The fourth-order valence-electron chi connectivity index (χ4n) is 2.10. The molecule has 2 rings (SSSR count). The largest absolute Gasteiger partial charge is 0.376 e. The van der Waals surface area contributed by atoms with Crippen LogP contribution in [0.5, 0.6) is 0 Å². The number of rotatable bonds is 5. The van der Waals surface area contributed by atoms with Gasteiger partial charge in [-0.3, -0.25) is 15.5 Å². The summed E-state index contributed by atoms with van der Waals surface area (Å²) < 4.78 is 5.48. The fourth-order valence-corrected chi connectivity index (χ4v) is 2.22. The predicted molar refractivity (Wildman–Crippen MR) is 88.0 cm³/mol. The standard InChI is InChI=1S/C14H18N4O3S/c1-10(11-4-2-5-12(8-11)18(19)20)16-17-14(22)15-9-13-6-3-7-21-13/h2,4-5,8,13H,3,6-7,9H2,1H3,(H2,15,17,22)/b16-10+. The lowest BCUT2D eigenvalue weighted by molar-refractivity contribution is -0.384. The van der Waals surface area contributed by atoms with Crippen LogP contribution in [0.15, 0.2) is 29.4 Å². The van der Waals surface area contributed by atoms with Crippen molar-refractivity contribution in [3.63, 3.8) is 0 Å². The number of thiocarbonyl (C=S) groups is 1. The third-order valence-electron chi connectivity index (χ3n) is 3.31. The number of nitro groups is 1. The third-order valence-corrected chi connectivity index (χ3v) is 3.55. The molecule has 0 amide bonds. The molecule has 0 aromatic heterocycles. The number of nitrogens with one attached hydrogen (secondary N) is 2. The average molecular weight is 322 g/mol. The maximum absolute atomic E-state index is 10.8. The Morgan fingerprint density at radius 1 is 1.59 bits per heavy atom. The first kappa shape index (κ1) is 16.3. The van der Waals surface area contributed by atoms with Gasteiger partial charge in [0.25, 0.3) is 5.69 Å². The minimum atomic E-state index is -0.433. The molecule has 0 saturated carbocycles. The summed E-state index contributed by atoms with van der Waals surface area (Å²) >= 11 is 5.13. The van der Waals surface area contributed by atoms with Gasteiger partial charge in [0.05, 0.1) is 16.7 Å². The zero-order valence-electron chi connectivity index (χ0n) is 12.2. The third kappa shape index (κ3) is 4.74. The zero-order valence-corrected chi connectivity index (χ0v) is 13.1. The highest BCUT2D eigenvalue weighted by molar-refractivity contribution is 7.80. The minimum absolute atomic E-state index is 0.0335. The van der Waals surface area contributed by atoms with Crippen LogP contribution in [-0.4, -0.2) is 35.0 Å².